The van der Waals surface area contributed by atoms with Gasteiger partial charge < -0.3 is 9.88 Å². The van der Waals surface area contributed by atoms with E-state index in [0.29, 0.717) is 16.7 Å². The van der Waals surface area contributed by atoms with Crippen LogP contribution in [-0.4, -0.2) is 42.6 Å². The number of allylic oxidation sites excluding steroid dienone is 1. The average Bonchev–Trinajstić information content (AvgIpc) is 2.68. The molecule has 2 radical (unpaired) electrons. The second kappa shape index (κ2) is 4.45. The van der Waals surface area contributed by atoms with Gasteiger partial charge in [0.1, 0.15) is 13.5 Å². The molecule has 2 aromatic heterocycles. The molecule has 0 atom stereocenters. The molecule has 2 rings (SSSR count). The fourth-order valence-corrected chi connectivity index (χ4v) is 1.53. The third-order valence-corrected chi connectivity index (χ3v) is 2.34. The summed E-state index contributed by atoms with van der Waals surface area (Å²) in [5.41, 5.74) is 1.79. The summed E-state index contributed by atoms with van der Waals surface area (Å²) in [6, 6.07) is 1.75. The number of aromatic nitrogens is 2. The molecule has 0 spiro atoms. The normalized spacial score (nSPS) is 11.2. The molecule has 0 saturated heterocycles. The molecule has 17 heavy (non-hydrogen) atoms. The monoisotopic (exact) mass is 225 g/mol. The lowest BCUT2D eigenvalue weighted by Gasteiger charge is -2.02. The highest BCUT2D eigenvalue weighted by molar-refractivity contribution is 6.33. The second-order valence-electron chi connectivity index (χ2n) is 4.01. The third kappa shape index (κ3) is 2.38. The number of nitrogens with one attached hydrogen (secondary N) is 1. The summed E-state index contributed by atoms with van der Waals surface area (Å²) in [5, 5.41) is 0.749. The SMILES string of the molecule is [B]c1cnc2[nH]cc(C(=O)/C=C/N(C)C)c2c1. The van der Waals surface area contributed by atoms with Gasteiger partial charge in [0.2, 0.25) is 0 Å². The second-order valence-corrected chi connectivity index (χ2v) is 4.01. The van der Waals surface area contributed by atoms with E-state index in [4.69, 9.17) is 7.85 Å². The van der Waals surface area contributed by atoms with Gasteiger partial charge in [0.15, 0.2) is 5.78 Å². The number of ketones is 1. The van der Waals surface area contributed by atoms with Crippen LogP contribution in [0.5, 0.6) is 0 Å². The Morgan fingerprint density at radius 1 is 1.53 bits per heavy atom. The van der Waals surface area contributed by atoms with Gasteiger partial charge in [0.25, 0.3) is 0 Å². The van der Waals surface area contributed by atoms with Gasteiger partial charge in [-0.05, 0) is 0 Å². The topological polar surface area (TPSA) is 49.0 Å². The van der Waals surface area contributed by atoms with E-state index < -0.39 is 0 Å². The maximum Gasteiger partial charge on any atom is 0.189 e. The van der Waals surface area contributed by atoms with Crippen LogP contribution in [0, 0.1) is 0 Å². The summed E-state index contributed by atoms with van der Waals surface area (Å²) in [7, 11) is 9.38. The number of rotatable bonds is 3. The van der Waals surface area contributed by atoms with Crippen LogP contribution in [-0.2, 0) is 0 Å². The zero-order valence-corrected chi connectivity index (χ0v) is 9.77. The summed E-state index contributed by atoms with van der Waals surface area (Å²) in [6.45, 7) is 0. The van der Waals surface area contributed by atoms with Gasteiger partial charge in [0, 0.05) is 49.7 Å². The fourth-order valence-electron chi connectivity index (χ4n) is 1.53. The largest absolute Gasteiger partial charge is 0.383 e. The lowest BCUT2D eigenvalue weighted by molar-refractivity contribution is 0.104. The Balaban J connectivity index is 2.42. The molecule has 4 nitrogen and oxygen atoms in total. The predicted molar refractivity (Wildman–Crippen MR) is 68.6 cm³/mol. The summed E-state index contributed by atoms with van der Waals surface area (Å²) in [4.78, 5) is 20.8. The Morgan fingerprint density at radius 3 is 3.00 bits per heavy atom. The molecule has 0 bridgehead atoms. The summed E-state index contributed by atoms with van der Waals surface area (Å²) in [6.07, 6.45) is 6.44. The third-order valence-electron chi connectivity index (χ3n) is 2.34. The zero-order valence-electron chi connectivity index (χ0n) is 9.77. The molecule has 5 heteroatoms. The van der Waals surface area contributed by atoms with E-state index in [0.717, 1.165) is 5.39 Å². The number of hydrogen-bond donors (Lipinski definition) is 1. The summed E-state index contributed by atoms with van der Waals surface area (Å²) >= 11 is 0. The van der Waals surface area contributed by atoms with Crippen molar-refractivity contribution in [1.82, 2.24) is 14.9 Å². The van der Waals surface area contributed by atoms with Crippen molar-refractivity contribution in [3.63, 3.8) is 0 Å². The van der Waals surface area contributed by atoms with Crippen LogP contribution in [0.1, 0.15) is 10.4 Å². The van der Waals surface area contributed by atoms with Crippen molar-refractivity contribution in [1.29, 1.82) is 0 Å². The van der Waals surface area contributed by atoms with Gasteiger partial charge in [-0.15, -0.1) is 0 Å². The minimum atomic E-state index is -0.0719. The first-order chi connectivity index (χ1) is 8.08. The lowest BCUT2D eigenvalue weighted by Crippen LogP contribution is -2.04. The van der Waals surface area contributed by atoms with Crippen LogP contribution in [0.4, 0.5) is 0 Å². The van der Waals surface area contributed by atoms with E-state index in [1.54, 1.807) is 29.6 Å². The van der Waals surface area contributed by atoms with Crippen molar-refractivity contribution in [2.24, 2.45) is 0 Å². The first-order valence-corrected chi connectivity index (χ1v) is 5.19. The minimum absolute atomic E-state index is 0.0719. The Hall–Kier alpha value is -2.04. The molecule has 0 amide bonds. The van der Waals surface area contributed by atoms with E-state index in [1.807, 2.05) is 14.1 Å². The average molecular weight is 225 g/mol. The number of carbonyl (C=O) groups excluding carboxylic acids is 1. The molecule has 2 aromatic rings. The molecular formula is C12H12BN3O. The van der Waals surface area contributed by atoms with E-state index in [1.165, 1.54) is 6.08 Å². The number of H-pyrrole nitrogens is 1. The van der Waals surface area contributed by atoms with Gasteiger partial charge in [0.05, 0.1) is 0 Å². The molecule has 0 aliphatic heterocycles. The van der Waals surface area contributed by atoms with Crippen LogP contribution in [0.25, 0.3) is 11.0 Å². The van der Waals surface area contributed by atoms with Crippen LogP contribution in [0.3, 0.4) is 0 Å². The van der Waals surface area contributed by atoms with Crippen molar-refractivity contribution in [3.05, 3.63) is 36.3 Å². The highest BCUT2D eigenvalue weighted by atomic mass is 16.1. The Bertz CT molecular complexity index is 586. The van der Waals surface area contributed by atoms with Gasteiger partial charge in [-0.25, -0.2) is 4.98 Å². The molecule has 1 N–H and O–H groups in total. The predicted octanol–water partition coefficient (Wildman–Crippen LogP) is 0.615. The van der Waals surface area contributed by atoms with E-state index >= 15 is 0 Å². The smallest absolute Gasteiger partial charge is 0.189 e. The molecule has 0 aromatic carbocycles. The molecule has 0 aliphatic rings. The highest BCUT2D eigenvalue weighted by Gasteiger charge is 2.10. The van der Waals surface area contributed by atoms with Gasteiger partial charge in [-0.1, -0.05) is 11.5 Å². The van der Waals surface area contributed by atoms with Crippen LogP contribution < -0.4 is 5.46 Å². The Morgan fingerprint density at radius 2 is 2.29 bits per heavy atom. The van der Waals surface area contributed by atoms with Crippen LogP contribution in [0.15, 0.2) is 30.7 Å². The number of hydrogen-bond acceptors (Lipinski definition) is 3. The summed E-state index contributed by atoms with van der Waals surface area (Å²) < 4.78 is 0. The fraction of sp³-hybridized carbons (Fsp3) is 0.167. The Labute approximate surface area is 101 Å². The van der Waals surface area contributed by atoms with Crippen molar-refractivity contribution in [2.75, 3.05) is 14.1 Å². The van der Waals surface area contributed by atoms with Crippen molar-refractivity contribution >= 4 is 30.1 Å². The standard InChI is InChI=1S/C12H12BN3O/c1-16(2)4-3-11(17)10-7-15-12-9(10)5-8(13)6-14-12/h3-7H,1-2H3,(H,14,15)/b4-3+. The van der Waals surface area contributed by atoms with Crippen LogP contribution in [0.2, 0.25) is 0 Å². The number of nitrogens with zero attached hydrogens (tertiary/aromatic N) is 2. The maximum atomic E-state index is 11.9. The van der Waals surface area contributed by atoms with Crippen molar-refractivity contribution in [2.45, 2.75) is 0 Å². The first kappa shape index (κ1) is 11.5. The number of pyridine rings is 1. The molecule has 2 heterocycles. The van der Waals surface area contributed by atoms with Gasteiger partial charge >= 0.3 is 0 Å². The van der Waals surface area contributed by atoms with Crippen LogP contribution >= 0.6 is 0 Å². The lowest BCUT2D eigenvalue weighted by atomic mass is 9.97. The Kier molecular flexibility index (Phi) is 3.00. The minimum Gasteiger partial charge on any atom is -0.383 e. The molecular weight excluding hydrogens is 213 g/mol. The number of fused-ring (bicyclic) bond motifs is 1. The van der Waals surface area contributed by atoms with E-state index in [9.17, 15) is 4.79 Å². The number of carbonyl (C=O) groups is 1. The highest BCUT2D eigenvalue weighted by Crippen LogP contribution is 2.15. The van der Waals surface area contributed by atoms with Gasteiger partial charge in [-0.2, -0.15) is 0 Å². The molecule has 0 aliphatic carbocycles. The first-order valence-electron chi connectivity index (χ1n) is 5.19. The zero-order chi connectivity index (χ0) is 12.4. The van der Waals surface area contributed by atoms with Gasteiger partial charge in [-0.3, -0.25) is 4.79 Å². The number of aromatic amines is 1. The molecule has 0 saturated carbocycles. The quantitative estimate of drug-likeness (QED) is 0.473. The van der Waals surface area contributed by atoms with Crippen molar-refractivity contribution in [3.8, 4) is 0 Å². The van der Waals surface area contributed by atoms with Crippen molar-refractivity contribution < 1.29 is 4.79 Å². The summed E-state index contributed by atoms with van der Waals surface area (Å²) in [5.74, 6) is -0.0719. The molecule has 0 unspecified atom stereocenters. The van der Waals surface area contributed by atoms with E-state index in [2.05, 4.69) is 9.97 Å². The maximum absolute atomic E-state index is 11.9. The molecule has 0 fully saturated rings. The van der Waals surface area contributed by atoms with E-state index in [-0.39, 0.29) is 5.78 Å². The molecule has 84 valence electrons.